The predicted molar refractivity (Wildman–Crippen MR) is 93.3 cm³/mol. The molecule has 0 saturated heterocycles. The van der Waals surface area contributed by atoms with E-state index >= 15 is 0 Å². The van der Waals surface area contributed by atoms with E-state index in [0.29, 0.717) is 18.5 Å². The van der Waals surface area contributed by atoms with Crippen LogP contribution in [0.3, 0.4) is 0 Å². The third-order valence-corrected chi connectivity index (χ3v) is 4.70. The van der Waals surface area contributed by atoms with E-state index in [4.69, 9.17) is 0 Å². The summed E-state index contributed by atoms with van der Waals surface area (Å²) in [6.07, 6.45) is 6.19. The zero-order chi connectivity index (χ0) is 15.9. The van der Waals surface area contributed by atoms with Crippen molar-refractivity contribution < 1.29 is 4.79 Å². The molecule has 1 saturated carbocycles. The maximum absolute atomic E-state index is 12.5. The molecule has 0 aromatic heterocycles. The van der Waals surface area contributed by atoms with Crippen LogP contribution in [0.25, 0.3) is 0 Å². The van der Waals surface area contributed by atoms with Gasteiger partial charge in [-0.25, -0.2) is 0 Å². The second-order valence-corrected chi connectivity index (χ2v) is 6.60. The average Bonchev–Trinajstić information content (AvgIpc) is 2.55. The van der Waals surface area contributed by atoms with Gasteiger partial charge in [0.2, 0.25) is 5.91 Å². The van der Waals surface area contributed by atoms with E-state index in [-0.39, 0.29) is 5.91 Å². The van der Waals surface area contributed by atoms with E-state index in [1.54, 1.807) is 0 Å². The van der Waals surface area contributed by atoms with E-state index in [1.165, 1.54) is 37.7 Å². The Morgan fingerprint density at radius 3 is 2.36 bits per heavy atom. The standard InChI is InChI=1S/C19H30N2O/c1-4-21(18-8-6-5-7-9-18)19(22)14-20-17-12-10-16(11-13-17)15(2)3/h10-13,15,18,20H,4-9,14H2,1-3H3. The second kappa shape index (κ2) is 8.21. The molecule has 1 aliphatic carbocycles. The molecule has 0 heterocycles. The lowest BCUT2D eigenvalue weighted by Crippen LogP contribution is -2.43. The highest BCUT2D eigenvalue weighted by Gasteiger charge is 2.23. The summed E-state index contributed by atoms with van der Waals surface area (Å²) in [5.41, 5.74) is 2.35. The summed E-state index contributed by atoms with van der Waals surface area (Å²) in [5.74, 6) is 0.764. The van der Waals surface area contributed by atoms with Crippen LogP contribution >= 0.6 is 0 Å². The maximum atomic E-state index is 12.5. The molecule has 0 bridgehead atoms. The average molecular weight is 302 g/mol. The van der Waals surface area contributed by atoms with Crippen molar-refractivity contribution in [3.63, 3.8) is 0 Å². The molecule has 0 radical (unpaired) electrons. The van der Waals surface area contributed by atoms with E-state index in [2.05, 4.69) is 55.3 Å². The van der Waals surface area contributed by atoms with E-state index in [1.807, 2.05) is 0 Å². The Balaban J connectivity index is 1.87. The number of benzene rings is 1. The number of nitrogens with one attached hydrogen (secondary N) is 1. The van der Waals surface area contributed by atoms with Crippen LogP contribution in [0.2, 0.25) is 0 Å². The predicted octanol–water partition coefficient (Wildman–Crippen LogP) is 4.40. The molecule has 1 fully saturated rings. The molecule has 1 aromatic rings. The summed E-state index contributed by atoms with van der Waals surface area (Å²) in [4.78, 5) is 14.5. The molecule has 2 rings (SSSR count). The number of rotatable bonds is 6. The smallest absolute Gasteiger partial charge is 0.242 e. The lowest BCUT2D eigenvalue weighted by molar-refractivity contribution is -0.132. The quantitative estimate of drug-likeness (QED) is 0.844. The second-order valence-electron chi connectivity index (χ2n) is 6.60. The van der Waals surface area contributed by atoms with Gasteiger partial charge in [-0.15, -0.1) is 0 Å². The summed E-state index contributed by atoms with van der Waals surface area (Å²) in [6.45, 7) is 7.68. The lowest BCUT2D eigenvalue weighted by Gasteiger charge is -2.33. The van der Waals surface area contributed by atoms with Crippen molar-refractivity contribution in [1.29, 1.82) is 0 Å². The minimum Gasteiger partial charge on any atom is -0.376 e. The van der Waals surface area contributed by atoms with E-state index < -0.39 is 0 Å². The third kappa shape index (κ3) is 4.49. The van der Waals surface area contributed by atoms with Crippen LogP contribution < -0.4 is 5.32 Å². The number of hydrogen-bond acceptors (Lipinski definition) is 2. The van der Waals surface area contributed by atoms with Crippen LogP contribution in [-0.2, 0) is 4.79 Å². The first-order valence-corrected chi connectivity index (χ1v) is 8.75. The molecule has 122 valence electrons. The first-order chi connectivity index (χ1) is 10.6. The van der Waals surface area contributed by atoms with Crippen molar-refractivity contribution in [3.05, 3.63) is 29.8 Å². The molecule has 0 unspecified atom stereocenters. The molecule has 1 aromatic carbocycles. The summed E-state index contributed by atoms with van der Waals surface area (Å²) in [6, 6.07) is 8.86. The molecule has 3 nitrogen and oxygen atoms in total. The van der Waals surface area contributed by atoms with E-state index in [0.717, 1.165) is 12.2 Å². The molecule has 0 spiro atoms. The van der Waals surface area contributed by atoms with Crippen molar-refractivity contribution in [1.82, 2.24) is 4.90 Å². The Labute approximate surface area is 135 Å². The SMILES string of the molecule is CCN(C(=O)CNc1ccc(C(C)C)cc1)C1CCCCC1. The van der Waals surface area contributed by atoms with Gasteiger partial charge in [-0.05, 0) is 43.4 Å². The van der Waals surface area contributed by atoms with Gasteiger partial charge in [0, 0.05) is 18.3 Å². The van der Waals surface area contributed by atoms with Crippen molar-refractivity contribution in [2.24, 2.45) is 0 Å². The number of anilines is 1. The van der Waals surface area contributed by atoms with Crippen molar-refractivity contribution in [3.8, 4) is 0 Å². The van der Waals surface area contributed by atoms with Gasteiger partial charge in [0.25, 0.3) is 0 Å². The van der Waals surface area contributed by atoms with Crippen LogP contribution in [0.5, 0.6) is 0 Å². The maximum Gasteiger partial charge on any atom is 0.242 e. The fourth-order valence-electron chi connectivity index (χ4n) is 3.30. The van der Waals surface area contributed by atoms with Gasteiger partial charge in [-0.2, -0.15) is 0 Å². The normalized spacial score (nSPS) is 15.8. The first-order valence-electron chi connectivity index (χ1n) is 8.75. The molecule has 1 N–H and O–H groups in total. The molecule has 3 heteroatoms. The topological polar surface area (TPSA) is 32.3 Å². The molecule has 0 atom stereocenters. The molecular formula is C19H30N2O. The minimum absolute atomic E-state index is 0.224. The molecule has 0 aliphatic heterocycles. The Kier molecular flexibility index (Phi) is 6.29. The minimum atomic E-state index is 0.224. The highest BCUT2D eigenvalue weighted by Crippen LogP contribution is 2.23. The summed E-state index contributed by atoms with van der Waals surface area (Å²) in [7, 11) is 0. The fourth-order valence-corrected chi connectivity index (χ4v) is 3.30. The number of nitrogens with zero attached hydrogens (tertiary/aromatic N) is 1. The van der Waals surface area contributed by atoms with Crippen molar-refractivity contribution >= 4 is 11.6 Å². The van der Waals surface area contributed by atoms with Gasteiger partial charge >= 0.3 is 0 Å². The monoisotopic (exact) mass is 302 g/mol. The molecule has 1 amide bonds. The highest BCUT2D eigenvalue weighted by atomic mass is 16.2. The number of hydrogen-bond donors (Lipinski definition) is 1. The van der Waals surface area contributed by atoms with Crippen LogP contribution in [-0.4, -0.2) is 29.9 Å². The van der Waals surface area contributed by atoms with Crippen LogP contribution in [0.15, 0.2) is 24.3 Å². The number of likely N-dealkylation sites (N-methyl/N-ethyl adjacent to an activating group) is 1. The van der Waals surface area contributed by atoms with Gasteiger partial charge < -0.3 is 10.2 Å². The number of amides is 1. The highest BCUT2D eigenvalue weighted by molar-refractivity contribution is 5.81. The van der Waals surface area contributed by atoms with Crippen LogP contribution in [0.1, 0.15) is 64.4 Å². The van der Waals surface area contributed by atoms with Gasteiger partial charge in [0.05, 0.1) is 6.54 Å². The Morgan fingerprint density at radius 2 is 1.82 bits per heavy atom. The molecular weight excluding hydrogens is 272 g/mol. The Morgan fingerprint density at radius 1 is 1.18 bits per heavy atom. The largest absolute Gasteiger partial charge is 0.376 e. The van der Waals surface area contributed by atoms with E-state index in [9.17, 15) is 4.79 Å². The van der Waals surface area contributed by atoms with Crippen molar-refractivity contribution in [2.75, 3.05) is 18.4 Å². The first kappa shape index (κ1) is 16.9. The van der Waals surface area contributed by atoms with Crippen LogP contribution in [0.4, 0.5) is 5.69 Å². The van der Waals surface area contributed by atoms with Gasteiger partial charge in [0.15, 0.2) is 0 Å². The number of carbonyl (C=O) groups is 1. The zero-order valence-electron chi connectivity index (χ0n) is 14.3. The summed E-state index contributed by atoms with van der Waals surface area (Å²) < 4.78 is 0. The lowest BCUT2D eigenvalue weighted by atomic mass is 9.94. The molecule has 22 heavy (non-hydrogen) atoms. The van der Waals surface area contributed by atoms with Crippen molar-refractivity contribution in [2.45, 2.75) is 64.8 Å². The van der Waals surface area contributed by atoms with Gasteiger partial charge in [-0.1, -0.05) is 45.2 Å². The number of carbonyl (C=O) groups excluding carboxylic acids is 1. The van der Waals surface area contributed by atoms with Gasteiger partial charge in [-0.3, -0.25) is 4.79 Å². The molecule has 1 aliphatic rings. The zero-order valence-corrected chi connectivity index (χ0v) is 14.3. The Bertz CT molecular complexity index is 461. The van der Waals surface area contributed by atoms with Crippen LogP contribution in [0, 0.1) is 0 Å². The summed E-state index contributed by atoms with van der Waals surface area (Å²) >= 11 is 0. The third-order valence-electron chi connectivity index (χ3n) is 4.70. The summed E-state index contributed by atoms with van der Waals surface area (Å²) in [5, 5.41) is 3.27. The Hall–Kier alpha value is -1.51. The fraction of sp³-hybridized carbons (Fsp3) is 0.632. The van der Waals surface area contributed by atoms with Gasteiger partial charge in [0.1, 0.15) is 0 Å².